The van der Waals surface area contributed by atoms with E-state index in [1.165, 1.54) is 11.3 Å². The molecule has 0 aliphatic carbocycles. The van der Waals surface area contributed by atoms with Crippen molar-refractivity contribution in [3.8, 4) is 0 Å². The Morgan fingerprint density at radius 1 is 1.30 bits per heavy atom. The zero-order chi connectivity index (χ0) is 15.5. The Kier molecular flexibility index (Phi) is 5.77. The number of esters is 1. The van der Waals surface area contributed by atoms with Gasteiger partial charge in [-0.3, -0.25) is 4.79 Å². The van der Waals surface area contributed by atoms with E-state index in [2.05, 4.69) is 21.2 Å². The van der Waals surface area contributed by atoms with Gasteiger partial charge in [0.05, 0.1) is 8.66 Å². The van der Waals surface area contributed by atoms with Gasteiger partial charge in [0.1, 0.15) is 11.6 Å². The second kappa shape index (κ2) is 6.72. The average Bonchev–Trinajstić information content (AvgIpc) is 2.69. The van der Waals surface area contributed by atoms with Crippen LogP contribution in [0.15, 0.2) is 15.9 Å². The molecule has 0 aromatic carbocycles. The molecule has 1 aromatic rings. The highest BCUT2D eigenvalue weighted by molar-refractivity contribution is 9.11. The number of carbonyl (C=O) groups is 2. The van der Waals surface area contributed by atoms with E-state index in [9.17, 15) is 9.59 Å². The van der Waals surface area contributed by atoms with E-state index in [1.807, 2.05) is 13.8 Å². The standard InChI is InChI=1S/C14H20BrNO3S/c1-8(2)11(13(18)19-14(3,4)5)16-12(17)9-6-7-10(15)20-9/h6-8,11H,1-5H3,(H,16,17)/t11-/m1/s1. The summed E-state index contributed by atoms with van der Waals surface area (Å²) >= 11 is 4.64. The maximum atomic E-state index is 12.1. The highest BCUT2D eigenvalue weighted by Gasteiger charge is 2.29. The molecular formula is C14H20BrNO3S. The monoisotopic (exact) mass is 361 g/mol. The molecule has 0 spiro atoms. The quantitative estimate of drug-likeness (QED) is 0.833. The largest absolute Gasteiger partial charge is 0.458 e. The first-order chi connectivity index (χ1) is 9.10. The summed E-state index contributed by atoms with van der Waals surface area (Å²) in [7, 11) is 0. The van der Waals surface area contributed by atoms with Crippen LogP contribution in [-0.2, 0) is 9.53 Å². The fourth-order valence-corrected chi connectivity index (χ4v) is 2.80. The fraction of sp³-hybridized carbons (Fsp3) is 0.571. The maximum absolute atomic E-state index is 12.1. The van der Waals surface area contributed by atoms with Crippen molar-refractivity contribution in [2.24, 2.45) is 5.92 Å². The van der Waals surface area contributed by atoms with Crippen LogP contribution in [0.4, 0.5) is 0 Å². The fourth-order valence-electron chi connectivity index (χ4n) is 1.51. The molecular weight excluding hydrogens is 342 g/mol. The Morgan fingerprint density at radius 2 is 1.90 bits per heavy atom. The van der Waals surface area contributed by atoms with Crippen LogP contribution in [-0.4, -0.2) is 23.5 Å². The molecule has 0 fully saturated rings. The molecule has 0 radical (unpaired) electrons. The smallest absolute Gasteiger partial charge is 0.329 e. The minimum Gasteiger partial charge on any atom is -0.458 e. The summed E-state index contributed by atoms with van der Waals surface area (Å²) in [5, 5.41) is 2.74. The first kappa shape index (κ1) is 17.2. The molecule has 6 heteroatoms. The highest BCUT2D eigenvalue weighted by atomic mass is 79.9. The van der Waals surface area contributed by atoms with Crippen molar-refractivity contribution in [1.29, 1.82) is 0 Å². The van der Waals surface area contributed by atoms with Crippen LogP contribution in [0.25, 0.3) is 0 Å². The third-order valence-electron chi connectivity index (χ3n) is 2.41. The lowest BCUT2D eigenvalue weighted by Gasteiger charge is -2.26. The second-order valence-electron chi connectivity index (χ2n) is 5.83. The molecule has 1 atom stereocenters. The molecule has 0 bridgehead atoms. The number of ether oxygens (including phenoxy) is 1. The summed E-state index contributed by atoms with van der Waals surface area (Å²) < 4.78 is 6.22. The summed E-state index contributed by atoms with van der Waals surface area (Å²) in [6.07, 6.45) is 0. The first-order valence-electron chi connectivity index (χ1n) is 6.39. The molecule has 1 heterocycles. The van der Waals surface area contributed by atoms with Crippen molar-refractivity contribution in [3.05, 3.63) is 20.8 Å². The molecule has 0 unspecified atom stereocenters. The molecule has 20 heavy (non-hydrogen) atoms. The van der Waals surface area contributed by atoms with Gasteiger partial charge in [0.25, 0.3) is 5.91 Å². The van der Waals surface area contributed by atoms with Crippen molar-refractivity contribution < 1.29 is 14.3 Å². The molecule has 1 aromatic heterocycles. The molecule has 1 amide bonds. The van der Waals surface area contributed by atoms with Crippen LogP contribution in [0, 0.1) is 5.92 Å². The number of amides is 1. The molecule has 0 saturated heterocycles. The summed E-state index contributed by atoms with van der Waals surface area (Å²) in [5.74, 6) is -0.709. The summed E-state index contributed by atoms with van der Waals surface area (Å²) in [4.78, 5) is 24.8. The van der Waals surface area contributed by atoms with E-state index >= 15 is 0 Å². The van der Waals surface area contributed by atoms with Gasteiger partial charge in [-0.05, 0) is 54.8 Å². The van der Waals surface area contributed by atoms with Gasteiger partial charge in [-0.1, -0.05) is 13.8 Å². The highest BCUT2D eigenvalue weighted by Crippen LogP contribution is 2.22. The van der Waals surface area contributed by atoms with E-state index in [0.717, 1.165) is 3.79 Å². The lowest BCUT2D eigenvalue weighted by Crippen LogP contribution is -2.47. The predicted molar refractivity (Wildman–Crippen MR) is 84.0 cm³/mol. The van der Waals surface area contributed by atoms with Crippen LogP contribution in [0.5, 0.6) is 0 Å². The minimum absolute atomic E-state index is 0.0443. The number of nitrogens with one attached hydrogen (secondary N) is 1. The first-order valence-corrected chi connectivity index (χ1v) is 8.00. The number of carbonyl (C=O) groups excluding carboxylic acids is 2. The van der Waals surface area contributed by atoms with E-state index in [4.69, 9.17) is 4.74 Å². The van der Waals surface area contributed by atoms with Gasteiger partial charge < -0.3 is 10.1 Å². The summed E-state index contributed by atoms with van der Waals surface area (Å²) in [6, 6.07) is 2.87. The molecule has 112 valence electrons. The van der Waals surface area contributed by atoms with Crippen LogP contribution >= 0.6 is 27.3 Å². The zero-order valence-electron chi connectivity index (χ0n) is 12.3. The van der Waals surface area contributed by atoms with Crippen LogP contribution < -0.4 is 5.32 Å². The van der Waals surface area contributed by atoms with E-state index in [-0.39, 0.29) is 11.8 Å². The van der Waals surface area contributed by atoms with Gasteiger partial charge in [0.2, 0.25) is 0 Å². The van der Waals surface area contributed by atoms with Crippen molar-refractivity contribution in [1.82, 2.24) is 5.32 Å². The van der Waals surface area contributed by atoms with Gasteiger partial charge >= 0.3 is 5.97 Å². The van der Waals surface area contributed by atoms with Gasteiger partial charge in [-0.25, -0.2) is 4.79 Å². The average molecular weight is 362 g/mol. The normalized spacial score (nSPS) is 13.2. The molecule has 0 aliphatic rings. The van der Waals surface area contributed by atoms with Crippen molar-refractivity contribution >= 4 is 39.1 Å². The molecule has 1 N–H and O–H groups in total. The van der Waals surface area contributed by atoms with Crippen LogP contribution in [0.2, 0.25) is 0 Å². The van der Waals surface area contributed by atoms with Crippen molar-refractivity contribution in [3.63, 3.8) is 0 Å². The lowest BCUT2D eigenvalue weighted by atomic mass is 10.0. The summed E-state index contributed by atoms with van der Waals surface area (Å²) in [5.41, 5.74) is -0.569. The molecule has 0 aliphatic heterocycles. The number of thiophene rings is 1. The number of hydrogen-bond acceptors (Lipinski definition) is 4. The van der Waals surface area contributed by atoms with Crippen molar-refractivity contribution in [2.45, 2.75) is 46.3 Å². The van der Waals surface area contributed by atoms with E-state index in [0.29, 0.717) is 4.88 Å². The third-order valence-corrected chi connectivity index (χ3v) is 4.03. The molecule has 0 saturated carbocycles. The zero-order valence-corrected chi connectivity index (χ0v) is 14.7. The topological polar surface area (TPSA) is 55.4 Å². The van der Waals surface area contributed by atoms with Crippen LogP contribution in [0.1, 0.15) is 44.3 Å². The Morgan fingerprint density at radius 3 is 2.30 bits per heavy atom. The maximum Gasteiger partial charge on any atom is 0.329 e. The van der Waals surface area contributed by atoms with Gasteiger partial charge in [-0.2, -0.15) is 0 Å². The molecule has 4 nitrogen and oxygen atoms in total. The SMILES string of the molecule is CC(C)[C@@H](NC(=O)c1ccc(Br)s1)C(=O)OC(C)(C)C. The second-order valence-corrected chi connectivity index (χ2v) is 8.30. The lowest BCUT2D eigenvalue weighted by molar-refractivity contribution is -0.158. The Hall–Kier alpha value is -0.880. The van der Waals surface area contributed by atoms with Gasteiger partial charge in [0, 0.05) is 0 Å². The van der Waals surface area contributed by atoms with Gasteiger partial charge in [0.15, 0.2) is 0 Å². The number of halogens is 1. The number of hydrogen-bond donors (Lipinski definition) is 1. The minimum atomic E-state index is -0.650. The number of rotatable bonds is 4. The Bertz CT molecular complexity index is 491. The predicted octanol–water partition coefficient (Wildman–Crippen LogP) is 3.61. The Labute approximate surface area is 132 Å². The molecule has 1 rings (SSSR count). The Balaban J connectivity index is 2.77. The third kappa shape index (κ3) is 5.25. The van der Waals surface area contributed by atoms with E-state index in [1.54, 1.807) is 32.9 Å². The van der Waals surface area contributed by atoms with Gasteiger partial charge in [-0.15, -0.1) is 11.3 Å². The van der Waals surface area contributed by atoms with Crippen LogP contribution in [0.3, 0.4) is 0 Å². The van der Waals surface area contributed by atoms with Crippen molar-refractivity contribution in [2.75, 3.05) is 0 Å². The van der Waals surface area contributed by atoms with E-state index < -0.39 is 17.6 Å². The summed E-state index contributed by atoms with van der Waals surface area (Å²) in [6.45, 7) is 9.17.